The zero-order chi connectivity index (χ0) is 26.2. The molecule has 4 saturated carbocycles. The summed E-state index contributed by atoms with van der Waals surface area (Å²) in [5, 5.41) is 9.30. The van der Waals surface area contributed by atoms with Crippen LogP contribution in [0.3, 0.4) is 0 Å². The first-order valence-electron chi connectivity index (χ1n) is 13.4. The molecule has 2 N–H and O–H groups in total. The van der Waals surface area contributed by atoms with E-state index in [0.29, 0.717) is 29.9 Å². The van der Waals surface area contributed by atoms with Gasteiger partial charge in [0.25, 0.3) is 5.91 Å². The number of hydrogen-bond donors (Lipinski definition) is 2. The summed E-state index contributed by atoms with van der Waals surface area (Å²) in [5.41, 5.74) is 1.02. The summed E-state index contributed by atoms with van der Waals surface area (Å²) < 4.78 is 29.8. The highest BCUT2D eigenvalue weighted by molar-refractivity contribution is 7.89. The minimum Gasteiger partial charge on any atom is -0.478 e. The predicted molar refractivity (Wildman–Crippen MR) is 141 cm³/mol. The molecule has 4 aliphatic rings. The van der Waals surface area contributed by atoms with Crippen LogP contribution in [0.15, 0.2) is 53.4 Å². The topological polar surface area (TPSA) is 104 Å². The van der Waals surface area contributed by atoms with Gasteiger partial charge in [-0.05, 0) is 105 Å². The molecule has 0 aliphatic heterocycles. The summed E-state index contributed by atoms with van der Waals surface area (Å²) in [6, 6.07) is 12.8. The van der Waals surface area contributed by atoms with E-state index in [0.717, 1.165) is 37.7 Å². The quantitative estimate of drug-likeness (QED) is 0.451. The number of carboxylic acid groups (broad SMARTS) is 1. The number of nitrogens with one attached hydrogen (secondary N) is 1. The summed E-state index contributed by atoms with van der Waals surface area (Å²) in [7, 11) is -3.69. The molecule has 0 spiro atoms. The minimum atomic E-state index is -3.69. The molecule has 4 bridgehead atoms. The number of carbonyl (C=O) groups excluding carboxylic acids is 1. The van der Waals surface area contributed by atoms with Gasteiger partial charge in [0.05, 0.1) is 10.5 Å². The fourth-order valence-corrected chi connectivity index (χ4v) is 8.60. The average molecular weight is 525 g/mol. The van der Waals surface area contributed by atoms with E-state index < -0.39 is 16.0 Å². The Labute approximate surface area is 219 Å². The van der Waals surface area contributed by atoms with Gasteiger partial charge in [0.15, 0.2) is 0 Å². The van der Waals surface area contributed by atoms with Crippen LogP contribution in [0.4, 0.5) is 0 Å². The lowest BCUT2D eigenvalue weighted by Gasteiger charge is -2.56. The molecular formula is C29H36N2O5S. The van der Waals surface area contributed by atoms with Crippen molar-refractivity contribution in [3.05, 3.63) is 65.2 Å². The highest BCUT2D eigenvalue weighted by Crippen LogP contribution is 2.56. The van der Waals surface area contributed by atoms with Crippen LogP contribution >= 0.6 is 0 Å². The van der Waals surface area contributed by atoms with E-state index in [9.17, 15) is 23.1 Å². The number of carboxylic acids is 1. The molecule has 4 aliphatic carbocycles. The maximum atomic E-state index is 13.4. The largest absolute Gasteiger partial charge is 0.478 e. The molecule has 4 fully saturated rings. The molecule has 37 heavy (non-hydrogen) atoms. The summed E-state index contributed by atoms with van der Waals surface area (Å²) in [6.45, 7) is 2.86. The Morgan fingerprint density at radius 3 is 2.16 bits per heavy atom. The molecule has 198 valence electrons. The molecule has 8 heteroatoms. The molecule has 0 radical (unpaired) electrons. The number of unbranched alkanes of at least 4 members (excludes halogenated alkanes) is 1. The highest BCUT2D eigenvalue weighted by atomic mass is 32.2. The van der Waals surface area contributed by atoms with Gasteiger partial charge in [0, 0.05) is 24.2 Å². The first-order valence-corrected chi connectivity index (χ1v) is 14.9. The Morgan fingerprint density at radius 1 is 0.973 bits per heavy atom. The SMILES string of the molecule is CCCCN(Cc1cccc(C(=O)O)c1)C(=O)c1ccc(S(=O)(=O)NC23CC4CC(CC(C4)C2)C3)cc1. The fourth-order valence-electron chi connectivity index (χ4n) is 7.16. The van der Waals surface area contributed by atoms with Crippen molar-refractivity contribution in [3.63, 3.8) is 0 Å². The van der Waals surface area contributed by atoms with Crippen molar-refractivity contribution in [3.8, 4) is 0 Å². The van der Waals surface area contributed by atoms with E-state index in [1.165, 1.54) is 37.5 Å². The van der Waals surface area contributed by atoms with Crippen LogP contribution in [0.5, 0.6) is 0 Å². The van der Waals surface area contributed by atoms with Crippen molar-refractivity contribution in [2.45, 2.75) is 75.3 Å². The first-order chi connectivity index (χ1) is 17.7. The zero-order valence-electron chi connectivity index (χ0n) is 21.4. The van der Waals surface area contributed by atoms with Crippen LogP contribution < -0.4 is 4.72 Å². The third-order valence-electron chi connectivity index (χ3n) is 8.42. The first kappa shape index (κ1) is 25.9. The number of hydrogen-bond acceptors (Lipinski definition) is 4. The second kappa shape index (κ2) is 10.2. The summed E-state index contributed by atoms with van der Waals surface area (Å²) >= 11 is 0. The molecule has 6 rings (SSSR count). The van der Waals surface area contributed by atoms with E-state index in [-0.39, 0.29) is 28.4 Å². The number of benzene rings is 2. The molecule has 1 amide bonds. The van der Waals surface area contributed by atoms with Crippen molar-refractivity contribution >= 4 is 21.9 Å². The monoisotopic (exact) mass is 524 g/mol. The molecule has 0 saturated heterocycles. The zero-order valence-corrected chi connectivity index (χ0v) is 22.2. The maximum Gasteiger partial charge on any atom is 0.335 e. The molecular weight excluding hydrogens is 488 g/mol. The van der Waals surface area contributed by atoms with E-state index in [1.807, 2.05) is 13.0 Å². The summed E-state index contributed by atoms with van der Waals surface area (Å²) in [5.74, 6) is 0.706. The van der Waals surface area contributed by atoms with Crippen molar-refractivity contribution < 1.29 is 23.1 Å². The van der Waals surface area contributed by atoms with Gasteiger partial charge in [0.2, 0.25) is 10.0 Å². The lowest BCUT2D eigenvalue weighted by molar-refractivity contribution is -0.00811. The summed E-state index contributed by atoms with van der Waals surface area (Å²) in [6.07, 6.45) is 8.25. The lowest BCUT2D eigenvalue weighted by atomic mass is 9.53. The number of nitrogens with zero attached hydrogens (tertiary/aromatic N) is 1. The number of carbonyl (C=O) groups is 2. The maximum absolute atomic E-state index is 13.4. The van der Waals surface area contributed by atoms with E-state index >= 15 is 0 Å². The van der Waals surface area contributed by atoms with Gasteiger partial charge in [-0.2, -0.15) is 0 Å². The van der Waals surface area contributed by atoms with Gasteiger partial charge in [0.1, 0.15) is 0 Å². The van der Waals surface area contributed by atoms with Crippen LogP contribution in [0, 0.1) is 17.8 Å². The lowest BCUT2D eigenvalue weighted by Crippen LogP contribution is -2.59. The highest BCUT2D eigenvalue weighted by Gasteiger charge is 2.52. The second-order valence-corrected chi connectivity index (χ2v) is 13.1. The standard InChI is InChI=1S/C29H36N2O5S/c1-2-3-11-31(19-20-5-4-6-25(15-20)28(33)34)27(32)24-7-9-26(10-8-24)37(35,36)30-29-16-21-12-22(17-29)14-23(13-21)18-29/h4-10,15,21-23,30H,2-3,11-14,16-19H2,1H3,(H,33,34). The van der Waals surface area contributed by atoms with Gasteiger partial charge < -0.3 is 10.0 Å². The van der Waals surface area contributed by atoms with E-state index in [4.69, 9.17) is 0 Å². The molecule has 0 atom stereocenters. The minimum absolute atomic E-state index is 0.182. The normalized spacial score (nSPS) is 26.2. The van der Waals surface area contributed by atoms with Crippen LogP contribution in [0.25, 0.3) is 0 Å². The van der Waals surface area contributed by atoms with Gasteiger partial charge >= 0.3 is 5.97 Å². The second-order valence-electron chi connectivity index (χ2n) is 11.4. The third kappa shape index (κ3) is 5.60. The number of amides is 1. The Hall–Kier alpha value is -2.71. The van der Waals surface area contributed by atoms with Crippen LogP contribution in [-0.2, 0) is 16.6 Å². The van der Waals surface area contributed by atoms with Crippen LogP contribution in [-0.4, -0.2) is 42.4 Å². The number of aromatic carboxylic acids is 1. The Kier molecular flexibility index (Phi) is 7.16. The van der Waals surface area contributed by atoms with Gasteiger partial charge in [-0.15, -0.1) is 0 Å². The van der Waals surface area contributed by atoms with Crippen molar-refractivity contribution in [2.24, 2.45) is 17.8 Å². The van der Waals surface area contributed by atoms with Gasteiger partial charge in [-0.1, -0.05) is 25.5 Å². The Bertz CT molecular complexity index is 1240. The van der Waals surface area contributed by atoms with Crippen molar-refractivity contribution in [2.75, 3.05) is 6.54 Å². The average Bonchev–Trinajstić information content (AvgIpc) is 2.85. The van der Waals surface area contributed by atoms with Crippen molar-refractivity contribution in [1.82, 2.24) is 9.62 Å². The summed E-state index contributed by atoms with van der Waals surface area (Å²) in [4.78, 5) is 26.6. The molecule has 0 unspecified atom stereocenters. The van der Waals surface area contributed by atoms with Crippen LogP contribution in [0.2, 0.25) is 0 Å². The van der Waals surface area contributed by atoms with Gasteiger partial charge in [-0.25, -0.2) is 17.9 Å². The van der Waals surface area contributed by atoms with E-state index in [2.05, 4.69) is 4.72 Å². The van der Waals surface area contributed by atoms with Crippen molar-refractivity contribution in [1.29, 1.82) is 0 Å². The van der Waals surface area contributed by atoms with Gasteiger partial charge in [-0.3, -0.25) is 4.79 Å². The molecule has 0 heterocycles. The molecule has 2 aromatic carbocycles. The predicted octanol–water partition coefficient (Wildman–Crippen LogP) is 5.07. The van der Waals surface area contributed by atoms with Crippen LogP contribution in [0.1, 0.15) is 84.6 Å². The fraction of sp³-hybridized carbons (Fsp3) is 0.517. The number of rotatable bonds is 10. The Morgan fingerprint density at radius 2 is 1.59 bits per heavy atom. The molecule has 2 aromatic rings. The molecule has 0 aromatic heterocycles. The Balaban J connectivity index is 1.31. The smallest absolute Gasteiger partial charge is 0.335 e. The molecule has 7 nitrogen and oxygen atoms in total. The third-order valence-corrected chi connectivity index (χ3v) is 10.0. The number of sulfonamides is 1. The van der Waals surface area contributed by atoms with E-state index in [1.54, 1.807) is 29.2 Å².